The van der Waals surface area contributed by atoms with Gasteiger partial charge in [0.1, 0.15) is 12.4 Å². The van der Waals surface area contributed by atoms with E-state index < -0.39 is 0 Å². The minimum Gasteiger partial charge on any atom is -0.493 e. The van der Waals surface area contributed by atoms with Crippen molar-refractivity contribution in [2.75, 3.05) is 25.6 Å². The van der Waals surface area contributed by atoms with Gasteiger partial charge in [0.2, 0.25) is 0 Å². The lowest BCUT2D eigenvalue weighted by atomic mass is 10.1. The molecule has 0 unspecified atom stereocenters. The highest BCUT2D eigenvalue weighted by atomic mass is 35.5. The largest absolute Gasteiger partial charge is 0.493 e. The minimum atomic E-state index is -0.0406. The number of anilines is 1. The normalized spacial score (nSPS) is 11.8. The summed E-state index contributed by atoms with van der Waals surface area (Å²) < 4.78 is 10.8. The van der Waals surface area contributed by atoms with Gasteiger partial charge in [0, 0.05) is 6.20 Å². The molecule has 5 nitrogen and oxygen atoms in total. The van der Waals surface area contributed by atoms with E-state index in [-0.39, 0.29) is 19.3 Å². The molecule has 0 aliphatic rings. The van der Waals surface area contributed by atoms with Gasteiger partial charge in [-0.05, 0) is 36.8 Å². The van der Waals surface area contributed by atoms with Crippen LogP contribution in [-0.2, 0) is 0 Å². The van der Waals surface area contributed by atoms with E-state index in [1.165, 1.54) is 0 Å². The van der Waals surface area contributed by atoms with Crippen molar-refractivity contribution >= 4 is 17.4 Å². The number of hydrogen-bond donors (Lipinski definition) is 2. The molecule has 1 aromatic carbocycles. The first-order valence-corrected chi connectivity index (χ1v) is 7.32. The Hall–Kier alpha value is -1.98. The monoisotopic (exact) mass is 322 g/mol. The second kappa shape index (κ2) is 7.87. The topological polar surface area (TPSA) is 63.6 Å². The number of nitrogens with zero attached hydrogens (tertiary/aromatic N) is 1. The summed E-state index contributed by atoms with van der Waals surface area (Å²) in [5, 5.41) is 12.7. The van der Waals surface area contributed by atoms with Gasteiger partial charge in [-0.15, -0.1) is 0 Å². The van der Waals surface area contributed by atoms with Crippen molar-refractivity contribution in [1.82, 2.24) is 4.98 Å². The number of aliphatic hydroxyl groups excluding tert-OH is 1. The third-order valence-electron chi connectivity index (χ3n) is 3.15. The maximum atomic E-state index is 8.83. The van der Waals surface area contributed by atoms with Gasteiger partial charge in [-0.3, -0.25) is 0 Å². The number of benzene rings is 1. The zero-order valence-electron chi connectivity index (χ0n) is 12.5. The van der Waals surface area contributed by atoms with Crippen LogP contribution in [0.25, 0.3) is 0 Å². The third kappa shape index (κ3) is 4.02. The van der Waals surface area contributed by atoms with E-state index in [2.05, 4.69) is 10.3 Å². The fraction of sp³-hybridized carbons (Fsp3) is 0.312. The quantitative estimate of drug-likeness (QED) is 0.819. The molecule has 2 rings (SSSR count). The molecule has 0 saturated carbocycles. The number of aliphatic hydroxyl groups is 1. The van der Waals surface area contributed by atoms with Crippen LogP contribution in [0.4, 0.5) is 5.82 Å². The highest BCUT2D eigenvalue weighted by Gasteiger charge is 2.12. The smallest absolute Gasteiger partial charge is 0.161 e. The second-order valence-electron chi connectivity index (χ2n) is 4.68. The van der Waals surface area contributed by atoms with Crippen molar-refractivity contribution in [3.8, 4) is 11.5 Å². The molecule has 0 aliphatic carbocycles. The number of hydrogen-bond acceptors (Lipinski definition) is 5. The van der Waals surface area contributed by atoms with Gasteiger partial charge >= 0.3 is 0 Å². The molecule has 22 heavy (non-hydrogen) atoms. The summed E-state index contributed by atoms with van der Waals surface area (Å²) >= 11 is 6.10. The van der Waals surface area contributed by atoms with E-state index in [4.69, 9.17) is 26.2 Å². The first-order valence-electron chi connectivity index (χ1n) is 6.94. The molecule has 1 atom stereocenters. The Morgan fingerprint density at radius 1 is 1.32 bits per heavy atom. The SMILES string of the molecule is COc1cc([C@H](C)Nc2ncccc2Cl)ccc1OCCO. The molecule has 1 heterocycles. The summed E-state index contributed by atoms with van der Waals surface area (Å²) in [6.07, 6.45) is 1.69. The van der Waals surface area contributed by atoms with E-state index in [0.29, 0.717) is 22.3 Å². The highest BCUT2D eigenvalue weighted by molar-refractivity contribution is 6.32. The Balaban J connectivity index is 2.16. The second-order valence-corrected chi connectivity index (χ2v) is 5.09. The fourth-order valence-electron chi connectivity index (χ4n) is 2.01. The molecule has 0 spiro atoms. The molecule has 2 N–H and O–H groups in total. The van der Waals surface area contributed by atoms with Crippen LogP contribution in [-0.4, -0.2) is 30.4 Å². The number of rotatable bonds is 7. The van der Waals surface area contributed by atoms with Crippen LogP contribution >= 0.6 is 11.6 Å². The lowest BCUT2D eigenvalue weighted by molar-refractivity contribution is 0.196. The number of methoxy groups -OCH3 is 1. The van der Waals surface area contributed by atoms with Gasteiger partial charge in [-0.2, -0.15) is 0 Å². The summed E-state index contributed by atoms with van der Waals surface area (Å²) in [4.78, 5) is 4.22. The number of halogens is 1. The fourth-order valence-corrected chi connectivity index (χ4v) is 2.18. The van der Waals surface area contributed by atoms with Crippen molar-refractivity contribution in [1.29, 1.82) is 0 Å². The Labute approximate surface area is 134 Å². The van der Waals surface area contributed by atoms with Gasteiger partial charge in [0.25, 0.3) is 0 Å². The number of pyridine rings is 1. The molecule has 1 aromatic heterocycles. The van der Waals surface area contributed by atoms with E-state index in [9.17, 15) is 0 Å². The van der Waals surface area contributed by atoms with Crippen LogP contribution in [0.2, 0.25) is 5.02 Å². The minimum absolute atomic E-state index is 0.00630. The molecule has 0 radical (unpaired) electrons. The van der Waals surface area contributed by atoms with Crippen LogP contribution in [0.15, 0.2) is 36.5 Å². The highest BCUT2D eigenvalue weighted by Crippen LogP contribution is 2.32. The molecule has 118 valence electrons. The Morgan fingerprint density at radius 2 is 2.14 bits per heavy atom. The van der Waals surface area contributed by atoms with Gasteiger partial charge in [-0.25, -0.2) is 4.98 Å². The van der Waals surface area contributed by atoms with Crippen LogP contribution in [0, 0.1) is 0 Å². The third-order valence-corrected chi connectivity index (χ3v) is 3.45. The lowest BCUT2D eigenvalue weighted by Crippen LogP contribution is -2.09. The maximum absolute atomic E-state index is 8.83. The maximum Gasteiger partial charge on any atom is 0.161 e. The van der Waals surface area contributed by atoms with Gasteiger partial charge in [0.15, 0.2) is 11.5 Å². The first kappa shape index (κ1) is 16.4. The Bertz CT molecular complexity index is 622. The average Bonchev–Trinajstić information content (AvgIpc) is 2.54. The molecular weight excluding hydrogens is 304 g/mol. The Kier molecular flexibility index (Phi) is 5.86. The predicted octanol–water partition coefficient (Wildman–Crippen LogP) is 3.29. The number of aromatic nitrogens is 1. The van der Waals surface area contributed by atoms with Crippen LogP contribution < -0.4 is 14.8 Å². The molecule has 0 saturated heterocycles. The first-order chi connectivity index (χ1) is 10.7. The molecule has 0 bridgehead atoms. The van der Waals surface area contributed by atoms with Gasteiger partial charge in [0.05, 0.1) is 24.8 Å². The van der Waals surface area contributed by atoms with E-state index >= 15 is 0 Å². The van der Waals surface area contributed by atoms with Crippen LogP contribution in [0.5, 0.6) is 11.5 Å². The zero-order chi connectivity index (χ0) is 15.9. The molecule has 2 aromatic rings. The van der Waals surface area contributed by atoms with Crippen LogP contribution in [0.1, 0.15) is 18.5 Å². The number of ether oxygens (including phenoxy) is 2. The summed E-state index contributed by atoms with van der Waals surface area (Å²) in [6, 6.07) is 9.21. The molecule has 6 heteroatoms. The van der Waals surface area contributed by atoms with E-state index in [1.807, 2.05) is 25.1 Å². The molecule has 0 fully saturated rings. The van der Waals surface area contributed by atoms with Crippen LogP contribution in [0.3, 0.4) is 0 Å². The molecular formula is C16H19ClN2O3. The van der Waals surface area contributed by atoms with Gasteiger partial charge in [-0.1, -0.05) is 17.7 Å². The summed E-state index contributed by atoms with van der Waals surface area (Å²) in [6.45, 7) is 2.20. The van der Waals surface area contributed by atoms with Gasteiger partial charge < -0.3 is 19.9 Å². The van der Waals surface area contributed by atoms with Crippen molar-refractivity contribution in [3.63, 3.8) is 0 Å². The predicted molar refractivity (Wildman–Crippen MR) is 86.9 cm³/mol. The van der Waals surface area contributed by atoms with Crippen molar-refractivity contribution in [2.45, 2.75) is 13.0 Å². The van der Waals surface area contributed by atoms with Crippen molar-refractivity contribution in [2.24, 2.45) is 0 Å². The summed E-state index contributed by atoms with van der Waals surface area (Å²) in [5.41, 5.74) is 1.01. The van der Waals surface area contributed by atoms with E-state index in [1.54, 1.807) is 25.4 Å². The zero-order valence-corrected chi connectivity index (χ0v) is 13.3. The number of nitrogens with one attached hydrogen (secondary N) is 1. The summed E-state index contributed by atoms with van der Waals surface area (Å²) in [7, 11) is 1.58. The summed E-state index contributed by atoms with van der Waals surface area (Å²) in [5.74, 6) is 1.85. The Morgan fingerprint density at radius 3 is 2.82 bits per heavy atom. The van der Waals surface area contributed by atoms with Crippen molar-refractivity contribution < 1.29 is 14.6 Å². The lowest BCUT2D eigenvalue weighted by Gasteiger charge is -2.18. The molecule has 0 aliphatic heterocycles. The average molecular weight is 323 g/mol. The standard InChI is InChI=1S/C16H19ClN2O3/c1-11(19-16-13(17)4-3-7-18-16)12-5-6-14(22-9-8-20)15(10-12)21-2/h3-7,10-11,20H,8-9H2,1-2H3,(H,18,19)/t11-/m0/s1. The molecule has 0 amide bonds. The van der Waals surface area contributed by atoms with E-state index in [0.717, 1.165) is 5.56 Å². The van der Waals surface area contributed by atoms with Crippen molar-refractivity contribution in [3.05, 3.63) is 47.1 Å².